The van der Waals surface area contributed by atoms with Crippen LogP contribution in [0, 0.1) is 0 Å². The highest BCUT2D eigenvalue weighted by Crippen LogP contribution is 2.29. The van der Waals surface area contributed by atoms with Crippen LogP contribution in [0.3, 0.4) is 0 Å². The van der Waals surface area contributed by atoms with Gasteiger partial charge in [-0.25, -0.2) is 4.98 Å². The molecule has 0 amide bonds. The van der Waals surface area contributed by atoms with Crippen molar-refractivity contribution in [1.29, 1.82) is 0 Å². The minimum Gasteiger partial charge on any atom is -0.476 e. The molecule has 0 bridgehead atoms. The van der Waals surface area contributed by atoms with E-state index in [1.54, 1.807) is 7.05 Å². The van der Waals surface area contributed by atoms with E-state index in [4.69, 9.17) is 4.74 Å². The lowest BCUT2D eigenvalue weighted by Gasteiger charge is -2.34. The van der Waals surface area contributed by atoms with Crippen LogP contribution in [0.1, 0.15) is 18.4 Å². The number of halogens is 4. The van der Waals surface area contributed by atoms with E-state index < -0.39 is 11.7 Å². The lowest BCUT2D eigenvalue weighted by atomic mass is 10.0. The Bertz CT molecular complexity index is 810. The molecule has 1 aliphatic heterocycles. The molecule has 1 saturated heterocycles. The van der Waals surface area contributed by atoms with E-state index in [1.807, 2.05) is 18.2 Å². The number of anilines is 1. The van der Waals surface area contributed by atoms with Crippen molar-refractivity contribution in [3.05, 3.63) is 54.2 Å². The molecule has 3 rings (SSSR count). The molecule has 1 fully saturated rings. The SMILES string of the molecule is CN=C(NCCOc1ccc(C(F)(F)F)cn1)NC1CCN(c2ccccc2)CC1.I. The Labute approximate surface area is 197 Å². The normalized spacial score (nSPS) is 15.2. The van der Waals surface area contributed by atoms with Gasteiger partial charge in [-0.3, -0.25) is 4.99 Å². The number of para-hydroxylation sites is 1. The molecule has 6 nitrogen and oxygen atoms in total. The summed E-state index contributed by atoms with van der Waals surface area (Å²) in [5, 5.41) is 6.57. The van der Waals surface area contributed by atoms with Gasteiger partial charge < -0.3 is 20.3 Å². The number of pyridine rings is 1. The maximum absolute atomic E-state index is 12.5. The number of rotatable bonds is 6. The second-order valence-electron chi connectivity index (χ2n) is 6.97. The zero-order chi connectivity index (χ0) is 21.4. The van der Waals surface area contributed by atoms with Gasteiger partial charge >= 0.3 is 6.18 Å². The summed E-state index contributed by atoms with van der Waals surface area (Å²) in [6, 6.07) is 12.9. The molecular weight excluding hydrogens is 522 g/mol. The molecule has 0 saturated carbocycles. The fourth-order valence-electron chi connectivity index (χ4n) is 3.27. The van der Waals surface area contributed by atoms with Crippen molar-refractivity contribution < 1.29 is 17.9 Å². The number of aromatic nitrogens is 1. The number of hydrogen-bond donors (Lipinski definition) is 2. The molecule has 0 radical (unpaired) electrons. The highest BCUT2D eigenvalue weighted by Gasteiger charge is 2.30. The Kier molecular flexibility index (Phi) is 9.66. The van der Waals surface area contributed by atoms with Crippen molar-refractivity contribution in [2.75, 3.05) is 38.2 Å². The molecule has 1 aromatic carbocycles. The average Bonchev–Trinajstić information content (AvgIpc) is 2.76. The molecule has 0 unspecified atom stereocenters. The van der Waals surface area contributed by atoms with E-state index >= 15 is 0 Å². The summed E-state index contributed by atoms with van der Waals surface area (Å²) < 4.78 is 43.0. The van der Waals surface area contributed by atoms with Gasteiger partial charge in [0, 0.05) is 44.1 Å². The Morgan fingerprint density at radius 1 is 1.16 bits per heavy atom. The van der Waals surface area contributed by atoms with E-state index in [-0.39, 0.29) is 36.5 Å². The number of ether oxygens (including phenoxy) is 1. The first-order valence-corrected chi connectivity index (χ1v) is 9.89. The summed E-state index contributed by atoms with van der Waals surface area (Å²) in [5.74, 6) is 0.832. The predicted octanol–water partition coefficient (Wildman–Crippen LogP) is 3.93. The van der Waals surface area contributed by atoms with E-state index in [0.717, 1.165) is 38.2 Å². The molecule has 10 heteroatoms. The number of alkyl halides is 3. The van der Waals surface area contributed by atoms with Gasteiger partial charge in [0.05, 0.1) is 12.1 Å². The summed E-state index contributed by atoms with van der Waals surface area (Å²) in [6.45, 7) is 2.65. The number of piperidine rings is 1. The lowest BCUT2D eigenvalue weighted by molar-refractivity contribution is -0.137. The van der Waals surface area contributed by atoms with Crippen LogP contribution < -0.4 is 20.3 Å². The van der Waals surface area contributed by atoms with Crippen molar-refractivity contribution in [2.24, 2.45) is 4.99 Å². The molecule has 2 aromatic rings. The molecule has 0 spiro atoms. The van der Waals surface area contributed by atoms with E-state index in [9.17, 15) is 13.2 Å². The number of benzene rings is 1. The molecule has 1 aromatic heterocycles. The van der Waals surface area contributed by atoms with Gasteiger partial charge in [-0.2, -0.15) is 13.2 Å². The van der Waals surface area contributed by atoms with Gasteiger partial charge in [0.2, 0.25) is 5.88 Å². The number of aliphatic imine (C=N–C) groups is 1. The smallest absolute Gasteiger partial charge is 0.417 e. The van der Waals surface area contributed by atoms with Gasteiger partial charge in [-0.1, -0.05) is 18.2 Å². The van der Waals surface area contributed by atoms with E-state index in [1.165, 1.54) is 11.8 Å². The third-order valence-corrected chi connectivity index (χ3v) is 4.89. The first kappa shape index (κ1) is 25.0. The Morgan fingerprint density at radius 3 is 2.45 bits per heavy atom. The van der Waals surface area contributed by atoms with Crippen molar-refractivity contribution in [2.45, 2.75) is 25.1 Å². The first-order chi connectivity index (χ1) is 14.5. The summed E-state index contributed by atoms with van der Waals surface area (Å²) >= 11 is 0. The van der Waals surface area contributed by atoms with Gasteiger partial charge in [-0.15, -0.1) is 24.0 Å². The van der Waals surface area contributed by atoms with Crippen LogP contribution in [0.4, 0.5) is 18.9 Å². The molecular formula is C21H27F3IN5O. The molecule has 1 aliphatic rings. The second-order valence-corrected chi connectivity index (χ2v) is 6.97. The molecule has 0 atom stereocenters. The van der Waals surface area contributed by atoms with Crippen LogP contribution in [0.2, 0.25) is 0 Å². The summed E-state index contributed by atoms with van der Waals surface area (Å²) in [5.41, 5.74) is 0.448. The van der Waals surface area contributed by atoms with Crippen molar-refractivity contribution in [3.8, 4) is 5.88 Å². The van der Waals surface area contributed by atoms with E-state index in [0.29, 0.717) is 18.5 Å². The fourth-order valence-corrected chi connectivity index (χ4v) is 3.27. The highest BCUT2D eigenvalue weighted by atomic mass is 127. The van der Waals surface area contributed by atoms with Gasteiger partial charge in [0.15, 0.2) is 5.96 Å². The summed E-state index contributed by atoms with van der Waals surface area (Å²) in [4.78, 5) is 10.3. The maximum Gasteiger partial charge on any atom is 0.417 e. The monoisotopic (exact) mass is 549 g/mol. The Morgan fingerprint density at radius 2 is 1.87 bits per heavy atom. The zero-order valence-corrected chi connectivity index (χ0v) is 19.6. The second kappa shape index (κ2) is 12.0. The van der Waals surface area contributed by atoms with Crippen molar-refractivity contribution in [3.63, 3.8) is 0 Å². The summed E-state index contributed by atoms with van der Waals surface area (Å²) in [7, 11) is 1.70. The minimum atomic E-state index is -4.40. The van der Waals surface area contributed by atoms with Crippen LogP contribution in [0.15, 0.2) is 53.7 Å². The largest absolute Gasteiger partial charge is 0.476 e. The summed E-state index contributed by atoms with van der Waals surface area (Å²) in [6.07, 6.45) is -1.63. The highest BCUT2D eigenvalue weighted by molar-refractivity contribution is 14.0. The topological polar surface area (TPSA) is 61.8 Å². The number of nitrogens with zero attached hydrogens (tertiary/aromatic N) is 3. The van der Waals surface area contributed by atoms with Gasteiger partial charge in [0.25, 0.3) is 0 Å². The van der Waals surface area contributed by atoms with Crippen molar-refractivity contribution in [1.82, 2.24) is 15.6 Å². The van der Waals surface area contributed by atoms with Crippen LogP contribution >= 0.6 is 24.0 Å². The number of hydrogen-bond acceptors (Lipinski definition) is 4. The maximum atomic E-state index is 12.5. The van der Waals surface area contributed by atoms with Crippen LogP contribution in [-0.2, 0) is 6.18 Å². The molecule has 31 heavy (non-hydrogen) atoms. The molecule has 2 N–H and O–H groups in total. The number of nitrogens with one attached hydrogen (secondary N) is 2. The number of guanidine groups is 1. The van der Waals surface area contributed by atoms with Crippen LogP contribution in [0.25, 0.3) is 0 Å². The van der Waals surface area contributed by atoms with Crippen LogP contribution in [-0.4, -0.2) is 50.3 Å². The third-order valence-electron chi connectivity index (χ3n) is 4.89. The van der Waals surface area contributed by atoms with Gasteiger partial charge in [-0.05, 0) is 31.0 Å². The lowest BCUT2D eigenvalue weighted by Crippen LogP contribution is -2.49. The molecule has 0 aliphatic carbocycles. The molecule has 2 heterocycles. The predicted molar refractivity (Wildman–Crippen MR) is 126 cm³/mol. The standard InChI is InChI=1S/C21H26F3N5O.HI/c1-25-20(26-11-14-30-19-8-7-16(15-27-19)21(22,23)24)28-17-9-12-29(13-10-17)18-5-3-2-4-6-18;/h2-8,15,17H,9-14H2,1H3,(H2,25,26,28);1H. The van der Waals surface area contributed by atoms with Gasteiger partial charge in [0.1, 0.15) is 6.61 Å². The minimum absolute atomic E-state index is 0. The fraction of sp³-hybridized carbons (Fsp3) is 0.429. The Hall–Kier alpha value is -2.24. The average molecular weight is 549 g/mol. The third kappa shape index (κ3) is 7.75. The quantitative estimate of drug-likeness (QED) is 0.248. The van der Waals surface area contributed by atoms with Crippen LogP contribution in [0.5, 0.6) is 5.88 Å². The zero-order valence-electron chi connectivity index (χ0n) is 17.2. The van der Waals surface area contributed by atoms with E-state index in [2.05, 4.69) is 37.6 Å². The van der Waals surface area contributed by atoms with Crippen molar-refractivity contribution >= 4 is 35.6 Å². The molecule has 170 valence electrons. The first-order valence-electron chi connectivity index (χ1n) is 9.89. The Balaban J connectivity index is 0.00000341.